The molecule has 2 heterocycles. The fourth-order valence-electron chi connectivity index (χ4n) is 2.22. The lowest BCUT2D eigenvalue weighted by molar-refractivity contribution is 1.08. The molecule has 0 fully saturated rings. The molecule has 0 aliphatic carbocycles. The molecule has 3 rings (SSSR count). The SMILES string of the molecule is C=CN1c2ccccc2N(C)c2cccnc21. The van der Waals surface area contributed by atoms with Gasteiger partial charge in [0.05, 0.1) is 17.1 Å². The second-order valence-electron chi connectivity index (χ2n) is 3.95. The van der Waals surface area contributed by atoms with E-state index < -0.39 is 0 Å². The lowest BCUT2D eigenvalue weighted by Gasteiger charge is -2.35. The number of hydrogen-bond acceptors (Lipinski definition) is 3. The van der Waals surface area contributed by atoms with Gasteiger partial charge in [-0.2, -0.15) is 0 Å². The van der Waals surface area contributed by atoms with Crippen molar-refractivity contribution in [3.05, 3.63) is 55.4 Å². The first kappa shape index (κ1) is 9.90. The molecule has 0 saturated heterocycles. The van der Waals surface area contributed by atoms with Crippen LogP contribution in [0.2, 0.25) is 0 Å². The standard InChI is InChI=1S/C14H13N3/c1-3-17-12-8-5-4-7-11(12)16(2)13-9-6-10-15-14(13)17/h3-10H,1H2,2H3. The normalized spacial score (nSPS) is 13.0. The molecule has 17 heavy (non-hydrogen) atoms. The van der Waals surface area contributed by atoms with Crippen LogP contribution in [0, 0.1) is 0 Å². The van der Waals surface area contributed by atoms with Crippen LogP contribution < -0.4 is 9.80 Å². The fraction of sp³-hybridized carbons (Fsp3) is 0.0714. The number of aromatic nitrogens is 1. The average Bonchev–Trinajstić information content (AvgIpc) is 2.40. The third kappa shape index (κ3) is 1.32. The van der Waals surface area contributed by atoms with Crippen LogP contribution in [0.15, 0.2) is 55.4 Å². The van der Waals surface area contributed by atoms with E-state index in [2.05, 4.69) is 41.7 Å². The fourth-order valence-corrected chi connectivity index (χ4v) is 2.22. The molecular formula is C14H13N3. The molecule has 0 bridgehead atoms. The van der Waals surface area contributed by atoms with E-state index in [0.29, 0.717) is 0 Å². The summed E-state index contributed by atoms with van der Waals surface area (Å²) in [4.78, 5) is 8.60. The summed E-state index contributed by atoms with van der Waals surface area (Å²) in [5.74, 6) is 0.920. The van der Waals surface area contributed by atoms with Crippen molar-refractivity contribution in [3.8, 4) is 0 Å². The summed E-state index contributed by atoms with van der Waals surface area (Å²) in [6.45, 7) is 3.87. The summed E-state index contributed by atoms with van der Waals surface area (Å²) in [5.41, 5.74) is 3.36. The van der Waals surface area contributed by atoms with E-state index in [1.54, 1.807) is 12.4 Å². The van der Waals surface area contributed by atoms with E-state index in [1.807, 2.05) is 23.1 Å². The second kappa shape index (κ2) is 3.63. The number of para-hydroxylation sites is 2. The molecule has 3 heteroatoms. The number of benzene rings is 1. The molecule has 0 spiro atoms. The number of rotatable bonds is 1. The van der Waals surface area contributed by atoms with Gasteiger partial charge in [-0.3, -0.25) is 4.90 Å². The summed E-state index contributed by atoms with van der Waals surface area (Å²) in [6.07, 6.45) is 3.61. The third-order valence-electron chi connectivity index (χ3n) is 3.04. The maximum absolute atomic E-state index is 4.43. The molecule has 0 atom stereocenters. The minimum absolute atomic E-state index is 0.920. The van der Waals surface area contributed by atoms with E-state index in [4.69, 9.17) is 0 Å². The highest BCUT2D eigenvalue weighted by Crippen LogP contribution is 2.45. The van der Waals surface area contributed by atoms with Crippen LogP contribution in [0.5, 0.6) is 0 Å². The van der Waals surface area contributed by atoms with E-state index >= 15 is 0 Å². The first-order valence-electron chi connectivity index (χ1n) is 5.52. The van der Waals surface area contributed by atoms with Crippen molar-refractivity contribution in [1.29, 1.82) is 0 Å². The Balaban J connectivity index is 2.29. The highest BCUT2D eigenvalue weighted by atomic mass is 15.3. The van der Waals surface area contributed by atoms with Crippen LogP contribution in [0.25, 0.3) is 0 Å². The predicted molar refractivity (Wildman–Crippen MR) is 71.1 cm³/mol. The monoisotopic (exact) mass is 223 g/mol. The van der Waals surface area contributed by atoms with E-state index in [0.717, 1.165) is 22.9 Å². The molecule has 1 aromatic heterocycles. The first-order chi connectivity index (χ1) is 8.33. The third-order valence-corrected chi connectivity index (χ3v) is 3.04. The van der Waals surface area contributed by atoms with Crippen LogP contribution in [-0.4, -0.2) is 12.0 Å². The lowest BCUT2D eigenvalue weighted by atomic mass is 10.1. The van der Waals surface area contributed by atoms with Crippen LogP contribution in [0.1, 0.15) is 0 Å². The molecule has 0 N–H and O–H groups in total. The van der Waals surface area contributed by atoms with Gasteiger partial charge in [0.15, 0.2) is 5.82 Å². The van der Waals surface area contributed by atoms with Gasteiger partial charge in [0.2, 0.25) is 0 Å². The molecule has 0 amide bonds. The van der Waals surface area contributed by atoms with Gasteiger partial charge >= 0.3 is 0 Å². The Morgan fingerprint density at radius 3 is 2.53 bits per heavy atom. The maximum Gasteiger partial charge on any atom is 0.161 e. The van der Waals surface area contributed by atoms with Crippen LogP contribution in [-0.2, 0) is 0 Å². The van der Waals surface area contributed by atoms with Crippen LogP contribution >= 0.6 is 0 Å². The number of hydrogen-bond donors (Lipinski definition) is 0. The van der Waals surface area contributed by atoms with Crippen molar-refractivity contribution < 1.29 is 0 Å². The molecule has 0 radical (unpaired) electrons. The smallest absolute Gasteiger partial charge is 0.161 e. The Labute approximate surface area is 101 Å². The van der Waals surface area contributed by atoms with Gasteiger partial charge in [0.25, 0.3) is 0 Å². The summed E-state index contributed by atoms with van der Waals surface area (Å²) in [6, 6.07) is 12.3. The Bertz CT molecular complexity index is 530. The minimum Gasteiger partial charge on any atom is -0.340 e. The van der Waals surface area contributed by atoms with Gasteiger partial charge in [-0.1, -0.05) is 18.7 Å². The van der Waals surface area contributed by atoms with Crippen LogP contribution in [0.3, 0.4) is 0 Å². The molecule has 0 unspecified atom stereocenters. The van der Waals surface area contributed by atoms with E-state index in [-0.39, 0.29) is 0 Å². The highest BCUT2D eigenvalue weighted by Gasteiger charge is 2.24. The van der Waals surface area contributed by atoms with Gasteiger partial charge in [0, 0.05) is 19.4 Å². The van der Waals surface area contributed by atoms with Crippen molar-refractivity contribution in [3.63, 3.8) is 0 Å². The van der Waals surface area contributed by atoms with Gasteiger partial charge in [-0.25, -0.2) is 4.98 Å². The van der Waals surface area contributed by atoms with Gasteiger partial charge in [0.1, 0.15) is 0 Å². The zero-order chi connectivity index (χ0) is 11.8. The first-order valence-corrected chi connectivity index (χ1v) is 5.52. The van der Waals surface area contributed by atoms with Gasteiger partial charge in [-0.05, 0) is 24.3 Å². The molecule has 84 valence electrons. The van der Waals surface area contributed by atoms with Gasteiger partial charge < -0.3 is 4.90 Å². The number of pyridine rings is 1. The zero-order valence-corrected chi connectivity index (χ0v) is 9.67. The van der Waals surface area contributed by atoms with Crippen molar-refractivity contribution in [2.45, 2.75) is 0 Å². The molecule has 1 aliphatic heterocycles. The van der Waals surface area contributed by atoms with Crippen molar-refractivity contribution >= 4 is 22.9 Å². The Morgan fingerprint density at radius 1 is 1.06 bits per heavy atom. The van der Waals surface area contributed by atoms with Crippen molar-refractivity contribution in [1.82, 2.24) is 4.98 Å². The molecular weight excluding hydrogens is 210 g/mol. The molecule has 2 aromatic rings. The van der Waals surface area contributed by atoms with Crippen molar-refractivity contribution in [2.24, 2.45) is 0 Å². The summed E-state index contributed by atoms with van der Waals surface area (Å²) in [7, 11) is 2.06. The average molecular weight is 223 g/mol. The Kier molecular flexibility index (Phi) is 2.11. The maximum atomic E-state index is 4.43. The van der Waals surface area contributed by atoms with E-state index in [1.165, 1.54) is 0 Å². The minimum atomic E-state index is 0.920. The summed E-state index contributed by atoms with van der Waals surface area (Å²) >= 11 is 0. The van der Waals surface area contributed by atoms with Crippen LogP contribution in [0.4, 0.5) is 22.9 Å². The highest BCUT2D eigenvalue weighted by molar-refractivity contribution is 5.91. The summed E-state index contributed by atoms with van der Waals surface area (Å²) < 4.78 is 0. The number of anilines is 4. The summed E-state index contributed by atoms with van der Waals surface area (Å²) in [5, 5.41) is 0. The quantitative estimate of drug-likeness (QED) is 0.738. The van der Waals surface area contributed by atoms with Gasteiger partial charge in [-0.15, -0.1) is 0 Å². The Morgan fingerprint density at radius 2 is 1.76 bits per heavy atom. The molecule has 3 nitrogen and oxygen atoms in total. The lowest BCUT2D eigenvalue weighted by Crippen LogP contribution is -2.24. The predicted octanol–water partition coefficient (Wildman–Crippen LogP) is 3.44. The molecule has 1 aromatic carbocycles. The molecule has 0 saturated carbocycles. The zero-order valence-electron chi connectivity index (χ0n) is 9.67. The topological polar surface area (TPSA) is 19.4 Å². The number of fused-ring (bicyclic) bond motifs is 2. The molecule has 1 aliphatic rings. The second-order valence-corrected chi connectivity index (χ2v) is 3.95. The number of nitrogens with zero attached hydrogens (tertiary/aromatic N) is 3. The van der Waals surface area contributed by atoms with E-state index in [9.17, 15) is 0 Å². The van der Waals surface area contributed by atoms with Crippen molar-refractivity contribution in [2.75, 3.05) is 16.8 Å². The Hall–Kier alpha value is -2.29. The largest absolute Gasteiger partial charge is 0.340 e.